The first-order valence-corrected chi connectivity index (χ1v) is 7.28. The minimum absolute atomic E-state index is 0.210. The van der Waals surface area contributed by atoms with Crippen molar-refractivity contribution in [2.75, 3.05) is 19.4 Å². The molecule has 4 nitrogen and oxygen atoms in total. The third kappa shape index (κ3) is 3.97. The van der Waals surface area contributed by atoms with Crippen molar-refractivity contribution in [3.05, 3.63) is 29.8 Å². The van der Waals surface area contributed by atoms with Gasteiger partial charge in [0.15, 0.2) is 0 Å². The van der Waals surface area contributed by atoms with Crippen LogP contribution < -0.4 is 5.73 Å². The Balaban J connectivity index is 1.74. The highest BCUT2D eigenvalue weighted by molar-refractivity contribution is 5.76. The number of hydrogen-bond acceptors (Lipinski definition) is 3. The van der Waals surface area contributed by atoms with E-state index < -0.39 is 0 Å². The van der Waals surface area contributed by atoms with Crippen molar-refractivity contribution < 1.29 is 9.53 Å². The highest BCUT2D eigenvalue weighted by Crippen LogP contribution is 2.33. The number of rotatable bonds is 6. The van der Waals surface area contributed by atoms with Crippen LogP contribution in [-0.2, 0) is 16.1 Å². The first-order valence-electron chi connectivity index (χ1n) is 7.28. The quantitative estimate of drug-likeness (QED) is 0.812. The minimum atomic E-state index is 0.210. The maximum atomic E-state index is 12.1. The Hall–Kier alpha value is -1.55. The van der Waals surface area contributed by atoms with Gasteiger partial charge in [-0.1, -0.05) is 12.1 Å². The van der Waals surface area contributed by atoms with E-state index in [-0.39, 0.29) is 5.91 Å². The topological polar surface area (TPSA) is 55.6 Å². The molecule has 110 valence electrons. The molecule has 1 aromatic rings. The Kier molecular flexibility index (Phi) is 5.01. The Morgan fingerprint density at radius 3 is 2.60 bits per heavy atom. The number of anilines is 1. The van der Waals surface area contributed by atoms with Crippen LogP contribution in [0.1, 0.15) is 31.7 Å². The van der Waals surface area contributed by atoms with Gasteiger partial charge in [0.2, 0.25) is 5.91 Å². The molecule has 0 radical (unpaired) electrons. The molecular weight excluding hydrogens is 252 g/mol. The van der Waals surface area contributed by atoms with Crippen LogP contribution in [0.2, 0.25) is 0 Å². The second-order valence-electron chi connectivity index (χ2n) is 5.61. The van der Waals surface area contributed by atoms with E-state index in [0.29, 0.717) is 25.0 Å². The lowest BCUT2D eigenvalue weighted by atomic mass is 9.80. The molecular formula is C16H24N2O2. The van der Waals surface area contributed by atoms with E-state index in [0.717, 1.165) is 30.7 Å². The standard InChI is InChI=1S/C16H24N2O2/c1-3-20-15-8-13(9-15)10-16(19)18(2)11-12-4-6-14(17)7-5-12/h4-7,13,15H,3,8-11,17H2,1-2H3. The summed E-state index contributed by atoms with van der Waals surface area (Å²) in [5, 5.41) is 0. The zero-order chi connectivity index (χ0) is 14.5. The maximum Gasteiger partial charge on any atom is 0.222 e. The van der Waals surface area contributed by atoms with Crippen molar-refractivity contribution in [1.82, 2.24) is 4.90 Å². The lowest BCUT2D eigenvalue weighted by Gasteiger charge is -2.35. The van der Waals surface area contributed by atoms with E-state index in [2.05, 4.69) is 0 Å². The number of benzene rings is 1. The number of hydrogen-bond donors (Lipinski definition) is 1. The van der Waals surface area contributed by atoms with E-state index in [1.165, 1.54) is 0 Å². The predicted molar refractivity (Wildman–Crippen MR) is 80.1 cm³/mol. The third-order valence-corrected chi connectivity index (χ3v) is 3.88. The van der Waals surface area contributed by atoms with Crippen LogP contribution in [0.15, 0.2) is 24.3 Å². The fourth-order valence-electron chi connectivity index (χ4n) is 2.60. The third-order valence-electron chi connectivity index (χ3n) is 3.88. The summed E-state index contributed by atoms with van der Waals surface area (Å²) in [6.07, 6.45) is 3.06. The molecule has 0 aliphatic heterocycles. The lowest BCUT2D eigenvalue weighted by molar-refractivity contribution is -0.133. The largest absolute Gasteiger partial charge is 0.399 e. The fraction of sp³-hybridized carbons (Fsp3) is 0.562. The minimum Gasteiger partial charge on any atom is -0.399 e. The summed E-state index contributed by atoms with van der Waals surface area (Å²) in [6, 6.07) is 7.67. The molecule has 2 rings (SSSR count). The summed E-state index contributed by atoms with van der Waals surface area (Å²) in [6.45, 7) is 3.42. The molecule has 0 aromatic heterocycles. The van der Waals surface area contributed by atoms with E-state index in [1.807, 2.05) is 38.2 Å². The lowest BCUT2D eigenvalue weighted by Crippen LogP contribution is -2.36. The van der Waals surface area contributed by atoms with Gasteiger partial charge in [-0.05, 0) is 43.4 Å². The van der Waals surface area contributed by atoms with Crippen molar-refractivity contribution in [2.24, 2.45) is 5.92 Å². The number of nitrogens with two attached hydrogens (primary N) is 1. The van der Waals surface area contributed by atoms with Gasteiger partial charge in [0.05, 0.1) is 6.10 Å². The van der Waals surface area contributed by atoms with Crippen molar-refractivity contribution in [3.8, 4) is 0 Å². The van der Waals surface area contributed by atoms with Crippen molar-refractivity contribution >= 4 is 11.6 Å². The zero-order valence-electron chi connectivity index (χ0n) is 12.3. The fourth-order valence-corrected chi connectivity index (χ4v) is 2.60. The molecule has 1 saturated carbocycles. The van der Waals surface area contributed by atoms with Crippen molar-refractivity contribution in [1.29, 1.82) is 0 Å². The molecule has 2 N–H and O–H groups in total. The van der Waals surface area contributed by atoms with Crippen LogP contribution in [-0.4, -0.2) is 30.6 Å². The van der Waals surface area contributed by atoms with Crippen LogP contribution in [0.25, 0.3) is 0 Å². The van der Waals surface area contributed by atoms with Gasteiger partial charge in [-0.2, -0.15) is 0 Å². The van der Waals surface area contributed by atoms with Gasteiger partial charge in [0.1, 0.15) is 0 Å². The Labute approximate surface area is 120 Å². The van der Waals surface area contributed by atoms with Crippen LogP contribution in [0.5, 0.6) is 0 Å². The molecule has 4 heteroatoms. The van der Waals surface area contributed by atoms with Gasteiger partial charge in [-0.25, -0.2) is 0 Å². The highest BCUT2D eigenvalue weighted by atomic mass is 16.5. The molecule has 20 heavy (non-hydrogen) atoms. The number of ether oxygens (including phenoxy) is 1. The van der Waals surface area contributed by atoms with E-state index in [1.54, 1.807) is 4.90 Å². The van der Waals surface area contributed by atoms with E-state index in [9.17, 15) is 4.79 Å². The van der Waals surface area contributed by atoms with Crippen molar-refractivity contribution in [3.63, 3.8) is 0 Å². The molecule has 0 bridgehead atoms. The molecule has 1 aliphatic carbocycles. The number of amides is 1. The molecule has 1 aromatic carbocycles. The first-order chi connectivity index (χ1) is 9.58. The maximum absolute atomic E-state index is 12.1. The summed E-state index contributed by atoms with van der Waals surface area (Å²) in [5.41, 5.74) is 7.51. The van der Waals surface area contributed by atoms with Crippen LogP contribution in [0.3, 0.4) is 0 Å². The van der Waals surface area contributed by atoms with E-state index in [4.69, 9.17) is 10.5 Å². The van der Waals surface area contributed by atoms with E-state index >= 15 is 0 Å². The van der Waals surface area contributed by atoms with Crippen LogP contribution >= 0.6 is 0 Å². The second-order valence-corrected chi connectivity index (χ2v) is 5.61. The van der Waals surface area contributed by atoms with Crippen molar-refractivity contribution in [2.45, 2.75) is 38.8 Å². The normalized spacial score (nSPS) is 21.3. The Bertz CT molecular complexity index is 438. The molecule has 1 fully saturated rings. The first kappa shape index (κ1) is 14.9. The molecule has 0 spiro atoms. The molecule has 1 amide bonds. The highest BCUT2D eigenvalue weighted by Gasteiger charge is 2.31. The molecule has 0 saturated heterocycles. The molecule has 0 unspecified atom stereocenters. The summed E-state index contributed by atoms with van der Waals surface area (Å²) in [5.74, 6) is 0.703. The zero-order valence-corrected chi connectivity index (χ0v) is 12.3. The summed E-state index contributed by atoms with van der Waals surface area (Å²) >= 11 is 0. The number of carbonyl (C=O) groups excluding carboxylic acids is 1. The average Bonchev–Trinajstić information content (AvgIpc) is 2.39. The van der Waals surface area contributed by atoms with Gasteiger partial charge in [0, 0.05) is 32.3 Å². The van der Waals surface area contributed by atoms with Crippen LogP contribution in [0, 0.1) is 5.92 Å². The number of carbonyl (C=O) groups is 1. The summed E-state index contributed by atoms with van der Waals surface area (Å²) in [7, 11) is 1.86. The van der Waals surface area contributed by atoms with Crippen LogP contribution in [0.4, 0.5) is 5.69 Å². The smallest absolute Gasteiger partial charge is 0.222 e. The van der Waals surface area contributed by atoms with Gasteiger partial charge in [-0.3, -0.25) is 4.79 Å². The molecule has 1 aliphatic rings. The van der Waals surface area contributed by atoms with Gasteiger partial charge in [-0.15, -0.1) is 0 Å². The predicted octanol–water partition coefficient (Wildman–Crippen LogP) is 2.43. The van der Waals surface area contributed by atoms with Gasteiger partial charge >= 0.3 is 0 Å². The summed E-state index contributed by atoms with van der Waals surface area (Å²) in [4.78, 5) is 13.9. The Morgan fingerprint density at radius 1 is 1.35 bits per heavy atom. The average molecular weight is 276 g/mol. The SMILES string of the molecule is CCOC1CC(CC(=O)N(C)Cc2ccc(N)cc2)C1. The number of nitrogen functional groups attached to an aromatic ring is 1. The number of nitrogens with zero attached hydrogens (tertiary/aromatic N) is 1. The van der Waals surface area contributed by atoms with Gasteiger partial charge in [0.25, 0.3) is 0 Å². The Morgan fingerprint density at radius 2 is 2.00 bits per heavy atom. The van der Waals surface area contributed by atoms with Gasteiger partial charge < -0.3 is 15.4 Å². The monoisotopic (exact) mass is 276 g/mol. The molecule has 0 atom stereocenters. The molecule has 0 heterocycles. The second kappa shape index (κ2) is 6.75. The summed E-state index contributed by atoms with van der Waals surface area (Å²) < 4.78 is 5.52.